The van der Waals surface area contributed by atoms with Gasteiger partial charge in [0, 0.05) is 0 Å². The molecular weight excluding hydrogens is 253 g/mol. The van der Waals surface area contributed by atoms with Crippen LogP contribution in [-0.2, 0) is 19.1 Å². The monoisotopic (exact) mass is 270 g/mol. The third kappa shape index (κ3) is 4.19. The summed E-state index contributed by atoms with van der Waals surface area (Å²) in [6.07, 6.45) is -6.56. The fourth-order valence-electron chi connectivity index (χ4n) is 1.52. The zero-order valence-corrected chi connectivity index (χ0v) is 10.6. The Labute approximate surface area is 103 Å². The Kier molecular flexibility index (Phi) is 6.14. The Balaban J connectivity index is 5.32. The Morgan fingerprint density at radius 3 is 1.56 bits per heavy atom. The summed E-state index contributed by atoms with van der Waals surface area (Å²) in [5.74, 6) is -2.38. The Bertz CT molecular complexity index is 281. The van der Waals surface area contributed by atoms with Gasteiger partial charge in [0.15, 0.2) is 5.41 Å². The minimum absolute atomic E-state index is 0.0994. The average Bonchev–Trinajstić information content (AvgIpc) is 2.25. The summed E-state index contributed by atoms with van der Waals surface area (Å²) >= 11 is 0. The van der Waals surface area contributed by atoms with Crippen molar-refractivity contribution >= 4 is 11.9 Å². The summed E-state index contributed by atoms with van der Waals surface area (Å²) in [5.41, 5.74) is -2.30. The number of hydrogen-bond acceptors (Lipinski definition) is 4. The second-order valence-electron chi connectivity index (χ2n) is 3.67. The summed E-state index contributed by atoms with van der Waals surface area (Å²) in [4.78, 5) is 23.3. The molecule has 0 aliphatic rings. The van der Waals surface area contributed by atoms with Crippen molar-refractivity contribution in [1.29, 1.82) is 0 Å². The lowest BCUT2D eigenvalue weighted by molar-refractivity contribution is -0.196. The van der Waals surface area contributed by atoms with Crippen LogP contribution in [0.25, 0.3) is 0 Å². The molecule has 0 spiro atoms. The molecular formula is C11H17F3O4. The van der Waals surface area contributed by atoms with Gasteiger partial charge in [-0.25, -0.2) is 0 Å². The smallest absolute Gasteiger partial charge is 0.390 e. The number of hydrogen-bond donors (Lipinski definition) is 0. The molecule has 0 bridgehead atoms. The molecule has 0 aliphatic carbocycles. The first-order valence-corrected chi connectivity index (χ1v) is 5.64. The summed E-state index contributed by atoms with van der Waals surface area (Å²) in [5, 5.41) is 0. The summed E-state index contributed by atoms with van der Waals surface area (Å²) in [6.45, 7) is 4.03. The van der Waals surface area contributed by atoms with Gasteiger partial charge >= 0.3 is 18.1 Å². The Hall–Kier alpha value is -1.27. The van der Waals surface area contributed by atoms with Crippen LogP contribution in [-0.4, -0.2) is 31.3 Å². The maximum atomic E-state index is 12.5. The maximum absolute atomic E-state index is 12.5. The molecule has 0 heterocycles. The molecule has 18 heavy (non-hydrogen) atoms. The normalized spacial score (nSPS) is 12.1. The van der Waals surface area contributed by atoms with Gasteiger partial charge in [0.2, 0.25) is 0 Å². The highest BCUT2D eigenvalue weighted by Crippen LogP contribution is 2.38. The van der Waals surface area contributed by atoms with Crippen molar-refractivity contribution in [1.82, 2.24) is 0 Å². The van der Waals surface area contributed by atoms with E-state index in [0.717, 1.165) is 0 Å². The lowest BCUT2D eigenvalue weighted by Gasteiger charge is -2.28. The number of alkyl halides is 3. The summed E-state index contributed by atoms with van der Waals surface area (Å²) < 4.78 is 46.7. The van der Waals surface area contributed by atoms with Crippen molar-refractivity contribution in [2.45, 2.75) is 39.8 Å². The van der Waals surface area contributed by atoms with Gasteiger partial charge in [-0.05, 0) is 20.3 Å². The molecule has 0 aromatic rings. The van der Waals surface area contributed by atoms with E-state index in [1.54, 1.807) is 0 Å². The molecule has 0 saturated heterocycles. The van der Waals surface area contributed by atoms with Gasteiger partial charge in [0.1, 0.15) is 0 Å². The summed E-state index contributed by atoms with van der Waals surface area (Å²) in [7, 11) is 0. The second-order valence-corrected chi connectivity index (χ2v) is 3.67. The maximum Gasteiger partial charge on any atom is 0.390 e. The van der Waals surface area contributed by atoms with E-state index in [9.17, 15) is 22.8 Å². The van der Waals surface area contributed by atoms with Crippen molar-refractivity contribution < 1.29 is 32.2 Å². The van der Waals surface area contributed by atoms with Crippen molar-refractivity contribution in [3.05, 3.63) is 0 Å². The van der Waals surface area contributed by atoms with Crippen LogP contribution in [0.5, 0.6) is 0 Å². The van der Waals surface area contributed by atoms with Crippen molar-refractivity contribution in [2.75, 3.05) is 13.2 Å². The number of carbonyl (C=O) groups excluding carboxylic acids is 2. The van der Waals surface area contributed by atoms with Gasteiger partial charge in [-0.2, -0.15) is 13.2 Å². The quantitative estimate of drug-likeness (QED) is 0.549. The molecule has 4 nitrogen and oxygen atoms in total. The number of esters is 2. The molecule has 0 saturated carbocycles. The van der Waals surface area contributed by atoms with Gasteiger partial charge < -0.3 is 9.47 Å². The van der Waals surface area contributed by atoms with Crippen LogP contribution in [0.1, 0.15) is 33.6 Å². The SMILES string of the molecule is CCOC(=O)C(CC)(CC(F)(F)F)C(=O)OCC. The molecule has 106 valence electrons. The zero-order chi connectivity index (χ0) is 14.4. The molecule has 0 radical (unpaired) electrons. The van der Waals surface area contributed by atoms with Crippen LogP contribution in [0.15, 0.2) is 0 Å². The summed E-state index contributed by atoms with van der Waals surface area (Å²) in [6, 6.07) is 0. The van der Waals surface area contributed by atoms with E-state index in [4.69, 9.17) is 0 Å². The van der Waals surface area contributed by atoms with Gasteiger partial charge in [0.25, 0.3) is 0 Å². The number of rotatable bonds is 6. The first-order chi connectivity index (χ1) is 8.23. The van der Waals surface area contributed by atoms with E-state index in [1.165, 1.54) is 20.8 Å². The number of carbonyl (C=O) groups is 2. The van der Waals surface area contributed by atoms with Gasteiger partial charge in [-0.15, -0.1) is 0 Å². The van der Waals surface area contributed by atoms with E-state index < -0.39 is 30.0 Å². The van der Waals surface area contributed by atoms with Crippen molar-refractivity contribution in [3.8, 4) is 0 Å². The second kappa shape index (κ2) is 6.61. The number of halogens is 3. The molecule has 0 aliphatic heterocycles. The van der Waals surface area contributed by atoms with Crippen LogP contribution in [0.3, 0.4) is 0 Å². The van der Waals surface area contributed by atoms with E-state index >= 15 is 0 Å². The van der Waals surface area contributed by atoms with E-state index in [-0.39, 0.29) is 19.6 Å². The highest BCUT2D eigenvalue weighted by Gasteiger charge is 2.54. The molecule has 0 unspecified atom stereocenters. The highest BCUT2D eigenvalue weighted by molar-refractivity contribution is 6.00. The average molecular weight is 270 g/mol. The van der Waals surface area contributed by atoms with Crippen LogP contribution in [0, 0.1) is 5.41 Å². The first-order valence-electron chi connectivity index (χ1n) is 5.64. The molecule has 0 atom stereocenters. The Morgan fingerprint density at radius 2 is 1.33 bits per heavy atom. The fourth-order valence-corrected chi connectivity index (χ4v) is 1.52. The van der Waals surface area contributed by atoms with Crippen LogP contribution >= 0.6 is 0 Å². The third-order valence-electron chi connectivity index (χ3n) is 2.44. The van der Waals surface area contributed by atoms with Crippen molar-refractivity contribution in [2.24, 2.45) is 5.41 Å². The topological polar surface area (TPSA) is 52.6 Å². The standard InChI is InChI=1S/C11H17F3O4/c1-4-10(7-11(12,13)14,8(15)17-5-2)9(16)18-6-3/h4-7H2,1-3H3. The lowest BCUT2D eigenvalue weighted by Crippen LogP contribution is -2.44. The molecule has 0 fully saturated rings. The molecule has 0 rings (SSSR count). The zero-order valence-electron chi connectivity index (χ0n) is 10.6. The predicted molar refractivity (Wildman–Crippen MR) is 56.7 cm³/mol. The minimum Gasteiger partial charge on any atom is -0.465 e. The molecule has 0 N–H and O–H groups in total. The van der Waals surface area contributed by atoms with Crippen LogP contribution < -0.4 is 0 Å². The Morgan fingerprint density at radius 1 is 0.944 bits per heavy atom. The van der Waals surface area contributed by atoms with Crippen LogP contribution in [0.4, 0.5) is 13.2 Å². The van der Waals surface area contributed by atoms with E-state index in [1.807, 2.05) is 0 Å². The third-order valence-corrected chi connectivity index (χ3v) is 2.44. The first kappa shape index (κ1) is 16.7. The number of ether oxygens (including phenoxy) is 2. The highest BCUT2D eigenvalue weighted by atomic mass is 19.4. The van der Waals surface area contributed by atoms with Crippen LogP contribution in [0.2, 0.25) is 0 Å². The predicted octanol–water partition coefficient (Wildman–Crippen LogP) is 2.46. The van der Waals surface area contributed by atoms with Crippen molar-refractivity contribution in [3.63, 3.8) is 0 Å². The fraction of sp³-hybridized carbons (Fsp3) is 0.818. The molecule has 0 aromatic heterocycles. The van der Waals surface area contributed by atoms with Gasteiger partial charge in [-0.1, -0.05) is 6.92 Å². The molecule has 0 amide bonds. The molecule has 0 aromatic carbocycles. The van der Waals surface area contributed by atoms with Gasteiger partial charge in [0.05, 0.1) is 19.6 Å². The minimum atomic E-state index is -4.66. The lowest BCUT2D eigenvalue weighted by atomic mass is 9.81. The molecule has 7 heteroatoms. The van der Waals surface area contributed by atoms with Gasteiger partial charge in [-0.3, -0.25) is 9.59 Å². The van der Waals surface area contributed by atoms with E-state index in [0.29, 0.717) is 0 Å². The van der Waals surface area contributed by atoms with E-state index in [2.05, 4.69) is 9.47 Å². The largest absolute Gasteiger partial charge is 0.465 e.